The first-order chi connectivity index (χ1) is 8.58. The molecule has 1 N–H and O–H groups in total. The minimum Gasteiger partial charge on any atom is -0.378 e. The minimum atomic E-state index is -0.203. The second-order valence-corrected chi connectivity index (χ2v) is 4.53. The van der Waals surface area contributed by atoms with Crippen LogP contribution in [-0.4, -0.2) is 14.8 Å². The zero-order valence-electron chi connectivity index (χ0n) is 10.8. The van der Waals surface area contributed by atoms with Crippen LogP contribution in [0.15, 0.2) is 24.5 Å². The van der Waals surface area contributed by atoms with Crippen LogP contribution in [0.4, 0.5) is 10.1 Å². The van der Waals surface area contributed by atoms with Crippen LogP contribution in [-0.2, 0) is 6.54 Å². The molecule has 0 radical (unpaired) electrons. The van der Waals surface area contributed by atoms with E-state index in [0.717, 1.165) is 11.5 Å². The van der Waals surface area contributed by atoms with Gasteiger partial charge in [-0.1, -0.05) is 6.07 Å². The van der Waals surface area contributed by atoms with Crippen molar-refractivity contribution in [1.29, 1.82) is 0 Å². The van der Waals surface area contributed by atoms with Crippen molar-refractivity contribution in [3.63, 3.8) is 0 Å². The third-order valence-corrected chi connectivity index (χ3v) is 2.76. The summed E-state index contributed by atoms with van der Waals surface area (Å²) in [5, 5.41) is 7.30. The van der Waals surface area contributed by atoms with Gasteiger partial charge in [0.25, 0.3) is 0 Å². The smallest absolute Gasteiger partial charge is 0.146 e. The molecular weight excluding hydrogens is 231 g/mol. The molecule has 0 spiro atoms. The van der Waals surface area contributed by atoms with E-state index in [1.54, 1.807) is 13.0 Å². The number of rotatable bonds is 4. The van der Waals surface area contributed by atoms with Crippen molar-refractivity contribution in [2.45, 2.75) is 33.4 Å². The summed E-state index contributed by atoms with van der Waals surface area (Å²) in [5.41, 5.74) is 1.39. The Hall–Kier alpha value is -1.91. The predicted molar refractivity (Wildman–Crippen MR) is 68.9 cm³/mol. The Bertz CT molecular complexity index is 534. The Kier molecular flexibility index (Phi) is 3.60. The van der Waals surface area contributed by atoms with Crippen molar-refractivity contribution in [2.75, 3.05) is 5.32 Å². The van der Waals surface area contributed by atoms with E-state index in [9.17, 15) is 4.39 Å². The van der Waals surface area contributed by atoms with Gasteiger partial charge in [0, 0.05) is 11.7 Å². The standard InChI is InChI=1S/C13H17FN4/c1-9(2)18-13(16-8-17-18)7-15-11-5-4-10(3)12(14)6-11/h4-6,8-9,15H,7H2,1-3H3. The lowest BCUT2D eigenvalue weighted by atomic mass is 10.2. The number of nitrogens with zero attached hydrogens (tertiary/aromatic N) is 3. The van der Waals surface area contributed by atoms with Gasteiger partial charge >= 0.3 is 0 Å². The second kappa shape index (κ2) is 5.16. The Morgan fingerprint density at radius 1 is 1.39 bits per heavy atom. The quantitative estimate of drug-likeness (QED) is 0.904. The SMILES string of the molecule is Cc1ccc(NCc2ncnn2C(C)C)cc1F. The number of hydrogen-bond acceptors (Lipinski definition) is 3. The molecule has 0 aliphatic heterocycles. The van der Waals surface area contributed by atoms with Crippen molar-refractivity contribution >= 4 is 5.69 Å². The summed E-state index contributed by atoms with van der Waals surface area (Å²) in [4.78, 5) is 4.19. The largest absolute Gasteiger partial charge is 0.378 e. The Balaban J connectivity index is 2.07. The zero-order valence-corrected chi connectivity index (χ0v) is 10.8. The first kappa shape index (κ1) is 12.5. The van der Waals surface area contributed by atoms with Gasteiger partial charge in [-0.2, -0.15) is 5.10 Å². The first-order valence-electron chi connectivity index (χ1n) is 5.96. The molecule has 2 rings (SSSR count). The Labute approximate surface area is 106 Å². The van der Waals surface area contributed by atoms with Gasteiger partial charge in [-0.3, -0.25) is 0 Å². The summed E-state index contributed by atoms with van der Waals surface area (Å²) in [5.74, 6) is 0.635. The van der Waals surface area contributed by atoms with Crippen LogP contribution in [0.3, 0.4) is 0 Å². The summed E-state index contributed by atoms with van der Waals surface area (Å²) >= 11 is 0. The molecule has 96 valence electrons. The summed E-state index contributed by atoms with van der Waals surface area (Å²) in [6.45, 7) is 6.36. The fourth-order valence-corrected chi connectivity index (χ4v) is 1.72. The van der Waals surface area contributed by atoms with E-state index in [4.69, 9.17) is 0 Å². The van der Waals surface area contributed by atoms with Crippen LogP contribution >= 0.6 is 0 Å². The van der Waals surface area contributed by atoms with Crippen molar-refractivity contribution in [1.82, 2.24) is 14.8 Å². The van der Waals surface area contributed by atoms with E-state index in [0.29, 0.717) is 12.1 Å². The molecule has 0 saturated heterocycles. The maximum atomic E-state index is 13.4. The monoisotopic (exact) mass is 248 g/mol. The molecule has 0 bridgehead atoms. The minimum absolute atomic E-state index is 0.203. The number of nitrogens with one attached hydrogen (secondary N) is 1. The molecule has 1 heterocycles. The topological polar surface area (TPSA) is 42.7 Å². The van der Waals surface area contributed by atoms with Gasteiger partial charge < -0.3 is 5.32 Å². The molecule has 0 amide bonds. The van der Waals surface area contributed by atoms with E-state index in [2.05, 4.69) is 15.4 Å². The van der Waals surface area contributed by atoms with Gasteiger partial charge in [-0.15, -0.1) is 0 Å². The van der Waals surface area contributed by atoms with E-state index < -0.39 is 0 Å². The van der Waals surface area contributed by atoms with E-state index in [1.165, 1.54) is 12.4 Å². The molecule has 1 aromatic heterocycles. The fraction of sp³-hybridized carbons (Fsp3) is 0.385. The highest BCUT2D eigenvalue weighted by molar-refractivity contribution is 5.45. The molecular formula is C13H17FN4. The lowest BCUT2D eigenvalue weighted by Gasteiger charge is -2.11. The molecule has 0 unspecified atom stereocenters. The van der Waals surface area contributed by atoms with Crippen LogP contribution in [0.25, 0.3) is 0 Å². The highest BCUT2D eigenvalue weighted by Gasteiger charge is 2.07. The summed E-state index contributed by atoms with van der Waals surface area (Å²) in [6, 6.07) is 5.36. The molecule has 0 fully saturated rings. The van der Waals surface area contributed by atoms with E-state index in [1.807, 2.05) is 24.6 Å². The number of halogens is 1. The van der Waals surface area contributed by atoms with Crippen LogP contribution in [0.1, 0.15) is 31.3 Å². The van der Waals surface area contributed by atoms with E-state index in [-0.39, 0.29) is 11.9 Å². The number of aryl methyl sites for hydroxylation is 1. The van der Waals surface area contributed by atoms with Crippen LogP contribution in [0.5, 0.6) is 0 Å². The molecule has 0 saturated carbocycles. The Morgan fingerprint density at radius 3 is 2.83 bits per heavy atom. The lowest BCUT2D eigenvalue weighted by Crippen LogP contribution is -2.12. The molecule has 0 aliphatic rings. The second-order valence-electron chi connectivity index (χ2n) is 4.53. The Morgan fingerprint density at radius 2 is 2.17 bits per heavy atom. The maximum Gasteiger partial charge on any atom is 0.146 e. The van der Waals surface area contributed by atoms with Crippen LogP contribution in [0.2, 0.25) is 0 Å². The summed E-state index contributed by atoms with van der Waals surface area (Å²) in [7, 11) is 0. The number of aromatic nitrogens is 3. The zero-order chi connectivity index (χ0) is 13.1. The molecule has 1 aromatic carbocycles. The lowest BCUT2D eigenvalue weighted by molar-refractivity contribution is 0.509. The highest BCUT2D eigenvalue weighted by atomic mass is 19.1. The number of hydrogen-bond donors (Lipinski definition) is 1. The van der Waals surface area contributed by atoms with E-state index >= 15 is 0 Å². The van der Waals surface area contributed by atoms with Gasteiger partial charge in [0.2, 0.25) is 0 Å². The predicted octanol–water partition coefficient (Wildman–Crippen LogP) is 2.92. The van der Waals surface area contributed by atoms with Crippen LogP contribution < -0.4 is 5.32 Å². The van der Waals surface area contributed by atoms with Gasteiger partial charge in [-0.05, 0) is 38.5 Å². The van der Waals surface area contributed by atoms with Gasteiger partial charge in [0.1, 0.15) is 18.0 Å². The molecule has 4 nitrogen and oxygen atoms in total. The molecule has 5 heteroatoms. The average molecular weight is 248 g/mol. The van der Waals surface area contributed by atoms with Crippen molar-refractivity contribution in [2.24, 2.45) is 0 Å². The third kappa shape index (κ3) is 2.67. The van der Waals surface area contributed by atoms with Crippen molar-refractivity contribution < 1.29 is 4.39 Å². The normalized spacial score (nSPS) is 10.9. The summed E-state index contributed by atoms with van der Waals surface area (Å²) in [6.07, 6.45) is 1.53. The third-order valence-electron chi connectivity index (χ3n) is 2.76. The number of anilines is 1. The van der Waals surface area contributed by atoms with Crippen molar-refractivity contribution in [3.05, 3.63) is 41.7 Å². The molecule has 0 atom stereocenters. The molecule has 0 aliphatic carbocycles. The van der Waals surface area contributed by atoms with Gasteiger partial charge in [0.15, 0.2) is 0 Å². The van der Waals surface area contributed by atoms with Crippen LogP contribution in [0, 0.1) is 12.7 Å². The fourth-order valence-electron chi connectivity index (χ4n) is 1.72. The molecule has 2 aromatic rings. The van der Waals surface area contributed by atoms with Gasteiger partial charge in [-0.25, -0.2) is 14.1 Å². The number of benzene rings is 1. The first-order valence-corrected chi connectivity index (χ1v) is 5.96. The summed E-state index contributed by atoms with van der Waals surface area (Å²) < 4.78 is 15.2. The average Bonchev–Trinajstić information content (AvgIpc) is 2.79. The van der Waals surface area contributed by atoms with Gasteiger partial charge in [0.05, 0.1) is 6.54 Å². The molecule has 18 heavy (non-hydrogen) atoms. The highest BCUT2D eigenvalue weighted by Crippen LogP contribution is 2.14. The van der Waals surface area contributed by atoms with Crippen molar-refractivity contribution in [3.8, 4) is 0 Å². The maximum absolute atomic E-state index is 13.4.